The van der Waals surface area contributed by atoms with Crippen LogP contribution in [0.15, 0.2) is 79.1 Å². The molecule has 2 heteroatoms. The summed E-state index contributed by atoms with van der Waals surface area (Å²) in [5, 5.41) is 1.15. The number of para-hydroxylation sites is 1. The molecule has 0 aliphatic carbocycles. The van der Waals surface area contributed by atoms with Crippen LogP contribution in [-0.4, -0.2) is 9.97 Å². The van der Waals surface area contributed by atoms with Crippen LogP contribution < -0.4 is 0 Å². The Bertz CT molecular complexity index is 984. The second kappa shape index (κ2) is 5.65. The molecule has 0 aliphatic heterocycles. The van der Waals surface area contributed by atoms with E-state index in [9.17, 15) is 0 Å². The summed E-state index contributed by atoms with van der Waals surface area (Å²) in [7, 11) is 0. The largest absolute Gasteiger partial charge is 0.256 e. The summed E-state index contributed by atoms with van der Waals surface area (Å²) in [5.74, 6) is 0. The first-order chi connectivity index (χ1) is 11.3. The maximum Gasteiger partial charge on any atom is 0.0780 e. The van der Waals surface area contributed by atoms with Gasteiger partial charge in [-0.05, 0) is 36.8 Å². The fraction of sp³-hybridized carbons (Fsp3) is 0.0476. The summed E-state index contributed by atoms with van der Waals surface area (Å²) < 4.78 is 0. The number of pyridine rings is 2. The second-order valence-electron chi connectivity index (χ2n) is 5.64. The first-order valence-electron chi connectivity index (χ1n) is 7.69. The van der Waals surface area contributed by atoms with Crippen LogP contribution in [0, 0.1) is 6.92 Å². The lowest BCUT2D eigenvalue weighted by Gasteiger charge is -2.11. The Morgan fingerprint density at radius 3 is 2.52 bits per heavy atom. The zero-order chi connectivity index (χ0) is 15.6. The Morgan fingerprint density at radius 1 is 0.696 bits per heavy atom. The van der Waals surface area contributed by atoms with Crippen molar-refractivity contribution in [3.05, 3.63) is 84.7 Å². The molecule has 0 bridgehead atoms. The first kappa shape index (κ1) is 13.6. The van der Waals surface area contributed by atoms with Crippen molar-refractivity contribution >= 4 is 10.9 Å². The highest BCUT2D eigenvalue weighted by atomic mass is 14.7. The Hall–Kier alpha value is -3.00. The van der Waals surface area contributed by atoms with Gasteiger partial charge in [0.05, 0.1) is 11.2 Å². The third-order valence-corrected chi connectivity index (χ3v) is 4.04. The molecule has 110 valence electrons. The predicted molar refractivity (Wildman–Crippen MR) is 95.1 cm³/mol. The molecule has 2 aromatic heterocycles. The van der Waals surface area contributed by atoms with Crippen LogP contribution in [0.25, 0.3) is 33.3 Å². The van der Waals surface area contributed by atoms with E-state index in [-0.39, 0.29) is 0 Å². The van der Waals surface area contributed by atoms with Gasteiger partial charge in [-0.15, -0.1) is 0 Å². The summed E-state index contributed by atoms with van der Waals surface area (Å²) in [6.07, 6.45) is 3.72. The van der Waals surface area contributed by atoms with Crippen LogP contribution in [0.1, 0.15) is 5.56 Å². The lowest BCUT2D eigenvalue weighted by molar-refractivity contribution is 1.32. The normalized spacial score (nSPS) is 10.8. The summed E-state index contributed by atoms with van der Waals surface area (Å²) in [6, 6.07) is 22.9. The van der Waals surface area contributed by atoms with Gasteiger partial charge in [-0.2, -0.15) is 0 Å². The van der Waals surface area contributed by atoms with E-state index in [4.69, 9.17) is 0 Å². The minimum absolute atomic E-state index is 1.00. The molecular weight excluding hydrogens is 280 g/mol. The van der Waals surface area contributed by atoms with E-state index in [1.807, 2.05) is 30.6 Å². The van der Waals surface area contributed by atoms with E-state index >= 15 is 0 Å². The molecule has 0 N–H and O–H groups in total. The van der Waals surface area contributed by atoms with E-state index in [0.29, 0.717) is 0 Å². The van der Waals surface area contributed by atoms with E-state index in [1.54, 1.807) is 0 Å². The number of aromatic nitrogens is 2. The maximum absolute atomic E-state index is 4.65. The van der Waals surface area contributed by atoms with Gasteiger partial charge in [-0.25, -0.2) is 0 Å². The van der Waals surface area contributed by atoms with Crippen LogP contribution >= 0.6 is 0 Å². The lowest BCUT2D eigenvalue weighted by Crippen LogP contribution is -1.91. The average molecular weight is 296 g/mol. The van der Waals surface area contributed by atoms with E-state index < -0.39 is 0 Å². The predicted octanol–water partition coefficient (Wildman–Crippen LogP) is 5.27. The summed E-state index contributed by atoms with van der Waals surface area (Å²) in [5.41, 5.74) is 6.69. The van der Waals surface area contributed by atoms with Gasteiger partial charge < -0.3 is 0 Å². The van der Waals surface area contributed by atoms with Crippen LogP contribution in [0.4, 0.5) is 0 Å². The van der Waals surface area contributed by atoms with E-state index in [0.717, 1.165) is 27.7 Å². The number of hydrogen-bond donors (Lipinski definition) is 0. The molecule has 2 nitrogen and oxygen atoms in total. The molecule has 0 saturated heterocycles. The van der Waals surface area contributed by atoms with Crippen LogP contribution in [0.5, 0.6) is 0 Å². The number of benzene rings is 2. The van der Waals surface area contributed by atoms with Crippen molar-refractivity contribution in [3.63, 3.8) is 0 Å². The van der Waals surface area contributed by atoms with Gasteiger partial charge in [0, 0.05) is 28.9 Å². The monoisotopic (exact) mass is 296 g/mol. The molecule has 0 unspecified atom stereocenters. The fourth-order valence-corrected chi connectivity index (χ4v) is 2.98. The maximum atomic E-state index is 4.65. The van der Waals surface area contributed by atoms with Gasteiger partial charge in [0.25, 0.3) is 0 Å². The Kier molecular flexibility index (Phi) is 3.35. The minimum Gasteiger partial charge on any atom is -0.256 e. The molecule has 0 spiro atoms. The molecule has 0 fully saturated rings. The highest BCUT2D eigenvalue weighted by Crippen LogP contribution is 2.34. The number of aryl methyl sites for hydroxylation is 1. The Labute approximate surface area is 135 Å². The Morgan fingerprint density at radius 2 is 1.61 bits per heavy atom. The zero-order valence-corrected chi connectivity index (χ0v) is 12.9. The van der Waals surface area contributed by atoms with Gasteiger partial charge in [-0.3, -0.25) is 9.97 Å². The standard InChI is InChI=1S/C21H16N2/c1-15-6-4-7-16(14-15)21-19(9-5-12-23-21)17-11-13-22-20-10-3-2-8-18(17)20/h2-14H,1H3. The number of hydrogen-bond acceptors (Lipinski definition) is 2. The quantitative estimate of drug-likeness (QED) is 0.503. The molecule has 4 aromatic rings. The molecule has 0 saturated carbocycles. The number of rotatable bonds is 2. The van der Waals surface area contributed by atoms with E-state index in [2.05, 4.69) is 65.4 Å². The van der Waals surface area contributed by atoms with E-state index in [1.165, 1.54) is 11.1 Å². The van der Waals surface area contributed by atoms with Crippen molar-refractivity contribution in [2.75, 3.05) is 0 Å². The molecule has 0 atom stereocenters. The number of nitrogens with zero attached hydrogens (tertiary/aromatic N) is 2. The van der Waals surface area contributed by atoms with Crippen molar-refractivity contribution in [1.29, 1.82) is 0 Å². The summed E-state index contributed by atoms with van der Waals surface area (Å²) >= 11 is 0. The van der Waals surface area contributed by atoms with Gasteiger partial charge in [0.1, 0.15) is 0 Å². The average Bonchev–Trinajstić information content (AvgIpc) is 2.61. The second-order valence-corrected chi connectivity index (χ2v) is 5.64. The highest BCUT2D eigenvalue weighted by Gasteiger charge is 2.11. The van der Waals surface area contributed by atoms with Crippen molar-refractivity contribution in [3.8, 4) is 22.4 Å². The molecular formula is C21H16N2. The highest BCUT2D eigenvalue weighted by molar-refractivity contribution is 5.97. The van der Waals surface area contributed by atoms with Gasteiger partial charge in [0.15, 0.2) is 0 Å². The zero-order valence-electron chi connectivity index (χ0n) is 12.9. The van der Waals surface area contributed by atoms with Crippen LogP contribution in [-0.2, 0) is 0 Å². The smallest absolute Gasteiger partial charge is 0.0780 e. The molecule has 23 heavy (non-hydrogen) atoms. The van der Waals surface area contributed by atoms with Crippen molar-refractivity contribution in [2.24, 2.45) is 0 Å². The minimum atomic E-state index is 1.00. The molecule has 0 aliphatic rings. The first-order valence-corrected chi connectivity index (χ1v) is 7.69. The third kappa shape index (κ3) is 2.49. The Balaban J connectivity index is 2.00. The molecule has 0 radical (unpaired) electrons. The SMILES string of the molecule is Cc1cccc(-c2ncccc2-c2ccnc3ccccc23)c1. The van der Waals surface area contributed by atoms with Crippen LogP contribution in [0.3, 0.4) is 0 Å². The molecule has 0 amide bonds. The van der Waals surface area contributed by atoms with Crippen molar-refractivity contribution in [1.82, 2.24) is 9.97 Å². The van der Waals surface area contributed by atoms with Gasteiger partial charge >= 0.3 is 0 Å². The molecule has 4 rings (SSSR count). The summed E-state index contributed by atoms with van der Waals surface area (Å²) in [6.45, 7) is 2.11. The summed E-state index contributed by atoms with van der Waals surface area (Å²) in [4.78, 5) is 9.12. The van der Waals surface area contributed by atoms with Crippen molar-refractivity contribution in [2.45, 2.75) is 6.92 Å². The fourth-order valence-electron chi connectivity index (χ4n) is 2.98. The molecule has 2 aromatic carbocycles. The van der Waals surface area contributed by atoms with Crippen molar-refractivity contribution < 1.29 is 0 Å². The van der Waals surface area contributed by atoms with Gasteiger partial charge in [0.2, 0.25) is 0 Å². The van der Waals surface area contributed by atoms with Crippen LogP contribution in [0.2, 0.25) is 0 Å². The lowest BCUT2D eigenvalue weighted by atomic mass is 9.96. The molecule has 2 heterocycles. The topological polar surface area (TPSA) is 25.8 Å². The van der Waals surface area contributed by atoms with Gasteiger partial charge in [-0.1, -0.05) is 48.0 Å². The third-order valence-electron chi connectivity index (χ3n) is 4.04. The number of fused-ring (bicyclic) bond motifs is 1.